The van der Waals surface area contributed by atoms with Gasteiger partial charge in [0.25, 0.3) is 11.2 Å². The van der Waals surface area contributed by atoms with Gasteiger partial charge in [-0.25, -0.2) is 14.3 Å². The molecule has 0 aliphatic rings. The number of aryl methyl sites for hydroxylation is 2. The van der Waals surface area contributed by atoms with Crippen LogP contribution in [0.5, 0.6) is 0 Å². The van der Waals surface area contributed by atoms with Crippen LogP contribution in [-0.4, -0.2) is 41.5 Å². The highest BCUT2D eigenvalue weighted by atomic mass is 35.5. The quantitative estimate of drug-likeness (QED) is 0.441. The first-order chi connectivity index (χ1) is 13.6. The predicted molar refractivity (Wildman–Crippen MR) is 105 cm³/mol. The Balaban J connectivity index is 1.90. The average Bonchev–Trinajstić information content (AvgIpc) is 3.06. The number of carbonyl (C=O) groups is 1. The van der Waals surface area contributed by atoms with Crippen molar-refractivity contribution in [3.8, 4) is 0 Å². The van der Waals surface area contributed by atoms with Gasteiger partial charge >= 0.3 is 5.69 Å². The van der Waals surface area contributed by atoms with E-state index in [1.807, 2.05) is 0 Å². The molecular formula is C17H17ClN6O5. The van der Waals surface area contributed by atoms with E-state index in [1.54, 1.807) is 7.05 Å². The summed E-state index contributed by atoms with van der Waals surface area (Å²) in [6, 6.07) is 3.92. The van der Waals surface area contributed by atoms with Crippen molar-refractivity contribution in [2.75, 3.05) is 7.05 Å². The standard InChI is InChI=1S/C17H17ClN6O5/c1-20(7-10-6-11(24(28)29)4-5-12(10)18)13(25)8-23-16(26)14-15(19-9-21(14)2)22(3)17(23)27/h4-6,9H,7-8H2,1-3H3. The number of nitro benzene ring substituents is 1. The molecule has 11 nitrogen and oxygen atoms in total. The molecule has 29 heavy (non-hydrogen) atoms. The molecule has 0 N–H and O–H groups in total. The molecule has 1 aromatic carbocycles. The van der Waals surface area contributed by atoms with Crippen LogP contribution in [-0.2, 0) is 32.0 Å². The minimum Gasteiger partial charge on any atom is -0.340 e. The van der Waals surface area contributed by atoms with Crippen LogP contribution in [0.15, 0.2) is 34.1 Å². The molecule has 0 unspecified atom stereocenters. The van der Waals surface area contributed by atoms with Gasteiger partial charge in [-0.2, -0.15) is 0 Å². The third kappa shape index (κ3) is 3.63. The van der Waals surface area contributed by atoms with Crippen molar-refractivity contribution in [3.05, 3.63) is 66.1 Å². The van der Waals surface area contributed by atoms with Crippen LogP contribution in [0, 0.1) is 10.1 Å². The SMILES string of the molecule is CN(Cc1cc([N+](=O)[O-])ccc1Cl)C(=O)Cn1c(=O)c2c(ncn2C)n(C)c1=O. The number of nitro groups is 1. The van der Waals surface area contributed by atoms with E-state index in [-0.39, 0.29) is 28.4 Å². The Bertz CT molecular complexity index is 1260. The summed E-state index contributed by atoms with van der Waals surface area (Å²) in [4.78, 5) is 53.5. The summed E-state index contributed by atoms with van der Waals surface area (Å²) in [7, 11) is 4.53. The first-order valence-electron chi connectivity index (χ1n) is 8.39. The lowest BCUT2D eigenvalue weighted by Crippen LogP contribution is -2.43. The second kappa shape index (κ2) is 7.51. The molecule has 0 fully saturated rings. The minimum atomic E-state index is -0.670. The van der Waals surface area contributed by atoms with Crippen molar-refractivity contribution < 1.29 is 9.72 Å². The van der Waals surface area contributed by atoms with Crippen LogP contribution in [0.1, 0.15) is 5.56 Å². The summed E-state index contributed by atoms with van der Waals surface area (Å²) in [5.41, 5.74) is -0.655. The van der Waals surface area contributed by atoms with Crippen molar-refractivity contribution >= 4 is 34.4 Å². The van der Waals surface area contributed by atoms with Crippen molar-refractivity contribution in [1.29, 1.82) is 0 Å². The number of carbonyl (C=O) groups excluding carboxylic acids is 1. The highest BCUT2D eigenvalue weighted by Crippen LogP contribution is 2.23. The summed E-state index contributed by atoms with van der Waals surface area (Å²) in [5, 5.41) is 11.2. The molecule has 3 aromatic rings. The predicted octanol–water partition coefficient (Wildman–Crippen LogP) is 0.654. The second-order valence-electron chi connectivity index (χ2n) is 6.54. The lowest BCUT2D eigenvalue weighted by atomic mass is 10.2. The maximum atomic E-state index is 12.7. The third-order valence-corrected chi connectivity index (χ3v) is 4.94. The summed E-state index contributed by atoms with van der Waals surface area (Å²) >= 11 is 6.07. The maximum Gasteiger partial charge on any atom is 0.332 e. The molecule has 2 heterocycles. The van der Waals surface area contributed by atoms with Crippen molar-refractivity contribution in [2.45, 2.75) is 13.1 Å². The highest BCUT2D eigenvalue weighted by molar-refractivity contribution is 6.31. The van der Waals surface area contributed by atoms with Gasteiger partial charge in [0.2, 0.25) is 5.91 Å². The van der Waals surface area contributed by atoms with E-state index in [0.29, 0.717) is 5.56 Å². The van der Waals surface area contributed by atoms with E-state index < -0.39 is 28.6 Å². The average molecular weight is 421 g/mol. The van der Waals surface area contributed by atoms with Gasteiger partial charge in [-0.3, -0.25) is 24.3 Å². The monoisotopic (exact) mass is 420 g/mol. The number of fused-ring (bicyclic) bond motifs is 1. The maximum absolute atomic E-state index is 12.7. The molecule has 3 rings (SSSR count). The number of benzene rings is 1. The Morgan fingerprint density at radius 3 is 2.66 bits per heavy atom. The molecule has 0 atom stereocenters. The van der Waals surface area contributed by atoms with Gasteiger partial charge < -0.3 is 9.47 Å². The highest BCUT2D eigenvalue weighted by Gasteiger charge is 2.20. The zero-order chi connectivity index (χ0) is 21.5. The molecule has 2 aromatic heterocycles. The summed E-state index contributed by atoms with van der Waals surface area (Å²) in [6.45, 7) is -0.516. The van der Waals surface area contributed by atoms with E-state index >= 15 is 0 Å². The topological polar surface area (TPSA) is 125 Å². The van der Waals surface area contributed by atoms with Crippen LogP contribution in [0.4, 0.5) is 5.69 Å². The molecule has 0 bridgehead atoms. The van der Waals surface area contributed by atoms with Crippen LogP contribution in [0.2, 0.25) is 5.02 Å². The first kappa shape index (κ1) is 20.3. The van der Waals surface area contributed by atoms with Gasteiger partial charge in [0.05, 0.1) is 11.3 Å². The Labute approximate surface area is 168 Å². The second-order valence-corrected chi connectivity index (χ2v) is 6.95. The van der Waals surface area contributed by atoms with Crippen LogP contribution >= 0.6 is 11.6 Å². The zero-order valence-electron chi connectivity index (χ0n) is 15.8. The molecule has 12 heteroatoms. The number of non-ortho nitro benzene ring substituents is 1. The Morgan fingerprint density at radius 1 is 1.31 bits per heavy atom. The molecule has 0 spiro atoms. The smallest absolute Gasteiger partial charge is 0.332 e. The number of rotatable bonds is 5. The number of aromatic nitrogens is 4. The number of hydrogen-bond acceptors (Lipinski definition) is 6. The molecule has 0 radical (unpaired) electrons. The fourth-order valence-electron chi connectivity index (χ4n) is 2.93. The van der Waals surface area contributed by atoms with E-state index in [9.17, 15) is 24.5 Å². The van der Waals surface area contributed by atoms with Crippen LogP contribution < -0.4 is 11.2 Å². The van der Waals surface area contributed by atoms with Gasteiger partial charge in [0.15, 0.2) is 11.2 Å². The van der Waals surface area contributed by atoms with E-state index in [2.05, 4.69) is 4.98 Å². The summed E-state index contributed by atoms with van der Waals surface area (Å²) < 4.78 is 3.50. The van der Waals surface area contributed by atoms with Gasteiger partial charge in [-0.15, -0.1) is 0 Å². The fourth-order valence-corrected chi connectivity index (χ4v) is 3.11. The Kier molecular flexibility index (Phi) is 5.25. The van der Waals surface area contributed by atoms with Crippen LogP contribution in [0.25, 0.3) is 11.2 Å². The van der Waals surface area contributed by atoms with E-state index in [0.717, 1.165) is 4.57 Å². The number of halogens is 1. The lowest BCUT2D eigenvalue weighted by Gasteiger charge is -2.18. The molecule has 0 aliphatic heterocycles. The zero-order valence-corrected chi connectivity index (χ0v) is 16.6. The molecule has 152 valence electrons. The Morgan fingerprint density at radius 2 is 2.00 bits per heavy atom. The normalized spacial score (nSPS) is 11.0. The number of imidazole rings is 1. The first-order valence-corrected chi connectivity index (χ1v) is 8.77. The van der Waals surface area contributed by atoms with Crippen molar-refractivity contribution in [3.63, 3.8) is 0 Å². The van der Waals surface area contributed by atoms with E-state index in [4.69, 9.17) is 11.6 Å². The third-order valence-electron chi connectivity index (χ3n) is 4.57. The van der Waals surface area contributed by atoms with Crippen molar-refractivity contribution in [1.82, 2.24) is 23.6 Å². The minimum absolute atomic E-state index is 0.0254. The van der Waals surface area contributed by atoms with Gasteiger partial charge in [-0.05, 0) is 11.6 Å². The lowest BCUT2D eigenvalue weighted by molar-refractivity contribution is -0.384. The van der Waals surface area contributed by atoms with Crippen molar-refractivity contribution in [2.24, 2.45) is 14.1 Å². The fraction of sp³-hybridized carbons (Fsp3) is 0.294. The van der Waals surface area contributed by atoms with E-state index in [1.165, 1.54) is 52.7 Å². The summed E-state index contributed by atoms with van der Waals surface area (Å²) in [5.74, 6) is -0.534. The molecule has 0 saturated carbocycles. The van der Waals surface area contributed by atoms with Crippen LogP contribution in [0.3, 0.4) is 0 Å². The van der Waals surface area contributed by atoms with Gasteiger partial charge in [0.1, 0.15) is 6.54 Å². The van der Waals surface area contributed by atoms with Gasteiger partial charge in [-0.1, -0.05) is 11.6 Å². The largest absolute Gasteiger partial charge is 0.340 e. The number of nitrogens with zero attached hydrogens (tertiary/aromatic N) is 6. The molecule has 0 aliphatic carbocycles. The summed E-state index contributed by atoms with van der Waals surface area (Å²) in [6.07, 6.45) is 1.41. The van der Waals surface area contributed by atoms with Gasteiger partial charge in [0, 0.05) is 44.8 Å². The molecule has 0 saturated heterocycles. The number of hydrogen-bond donors (Lipinski definition) is 0. The number of amides is 1. The molecular weight excluding hydrogens is 404 g/mol. The number of likely N-dealkylation sites (N-methyl/N-ethyl adjacent to an activating group) is 1. The molecule has 1 amide bonds. The Hall–Kier alpha value is -3.47.